The number of hydrogen-bond donors (Lipinski definition) is 1. The number of amides is 2. The van der Waals surface area contributed by atoms with Gasteiger partial charge in [-0.2, -0.15) is 5.10 Å². The molecule has 1 aromatic carbocycles. The molecular weight excluding hydrogens is 370 g/mol. The van der Waals surface area contributed by atoms with Crippen molar-refractivity contribution in [3.63, 3.8) is 0 Å². The summed E-state index contributed by atoms with van der Waals surface area (Å²) in [5.41, 5.74) is 2.84. The predicted molar refractivity (Wildman–Crippen MR) is 108 cm³/mol. The summed E-state index contributed by atoms with van der Waals surface area (Å²) in [6, 6.07) is 11.7. The van der Waals surface area contributed by atoms with Crippen molar-refractivity contribution in [1.29, 1.82) is 0 Å². The molecular formula is C21H23N5O3. The molecule has 1 aliphatic heterocycles. The van der Waals surface area contributed by atoms with Crippen LogP contribution in [-0.4, -0.2) is 57.2 Å². The standard InChI is InChI=1S/C21H23N5O3/c1-2-29-21(28)25-12-9-16(10-13-25)24-20(27)17-14-23-26-18(8-11-22-19(17)26)15-6-4-3-5-7-15/h3-8,11,14,16H,2,9-10,12-13H2,1H3,(H,24,27). The fraction of sp³-hybridized carbons (Fsp3) is 0.333. The highest BCUT2D eigenvalue weighted by molar-refractivity contribution is 6.00. The summed E-state index contributed by atoms with van der Waals surface area (Å²) < 4.78 is 6.72. The molecule has 2 aromatic heterocycles. The summed E-state index contributed by atoms with van der Waals surface area (Å²) in [5, 5.41) is 7.44. The molecule has 1 fully saturated rings. The molecule has 29 heavy (non-hydrogen) atoms. The van der Waals surface area contributed by atoms with Gasteiger partial charge in [-0.1, -0.05) is 30.3 Å². The Morgan fingerprint density at radius 2 is 1.93 bits per heavy atom. The van der Waals surface area contributed by atoms with Gasteiger partial charge in [-0.3, -0.25) is 4.79 Å². The third kappa shape index (κ3) is 3.91. The zero-order valence-electron chi connectivity index (χ0n) is 16.2. The first-order chi connectivity index (χ1) is 14.2. The third-order valence-corrected chi connectivity index (χ3v) is 5.07. The smallest absolute Gasteiger partial charge is 0.409 e. The summed E-state index contributed by atoms with van der Waals surface area (Å²) in [7, 11) is 0. The highest BCUT2D eigenvalue weighted by atomic mass is 16.6. The minimum Gasteiger partial charge on any atom is -0.450 e. The Hall–Kier alpha value is -3.42. The molecule has 8 nitrogen and oxygen atoms in total. The summed E-state index contributed by atoms with van der Waals surface area (Å²) in [5.74, 6) is -0.202. The van der Waals surface area contributed by atoms with E-state index in [1.807, 2.05) is 36.4 Å². The number of rotatable bonds is 4. The molecule has 4 rings (SSSR count). The molecule has 150 valence electrons. The van der Waals surface area contributed by atoms with Crippen molar-refractivity contribution in [2.75, 3.05) is 19.7 Å². The van der Waals surface area contributed by atoms with Crippen molar-refractivity contribution in [3.05, 3.63) is 54.4 Å². The first-order valence-electron chi connectivity index (χ1n) is 9.78. The van der Waals surface area contributed by atoms with E-state index in [1.165, 1.54) is 0 Å². The van der Waals surface area contributed by atoms with Crippen LogP contribution in [0.5, 0.6) is 0 Å². The van der Waals surface area contributed by atoms with Gasteiger partial charge in [-0.25, -0.2) is 14.3 Å². The van der Waals surface area contributed by atoms with Gasteiger partial charge < -0.3 is 15.0 Å². The first-order valence-corrected chi connectivity index (χ1v) is 9.78. The number of likely N-dealkylation sites (tertiary alicyclic amines) is 1. The second kappa shape index (κ2) is 8.30. The summed E-state index contributed by atoms with van der Waals surface area (Å²) in [6.45, 7) is 3.28. The predicted octanol–water partition coefficient (Wildman–Crippen LogP) is 2.75. The Bertz CT molecular complexity index is 1010. The van der Waals surface area contributed by atoms with Crippen molar-refractivity contribution < 1.29 is 14.3 Å². The van der Waals surface area contributed by atoms with Crippen molar-refractivity contribution in [1.82, 2.24) is 24.8 Å². The normalized spacial score (nSPS) is 14.7. The monoisotopic (exact) mass is 393 g/mol. The highest BCUT2D eigenvalue weighted by Crippen LogP contribution is 2.21. The fourth-order valence-corrected chi connectivity index (χ4v) is 3.56. The molecule has 0 bridgehead atoms. The second-order valence-electron chi connectivity index (χ2n) is 6.92. The van der Waals surface area contributed by atoms with Gasteiger partial charge in [0, 0.05) is 30.9 Å². The maximum absolute atomic E-state index is 12.8. The van der Waals surface area contributed by atoms with E-state index in [-0.39, 0.29) is 18.0 Å². The topological polar surface area (TPSA) is 88.8 Å². The minimum atomic E-state index is -0.294. The molecule has 8 heteroatoms. The van der Waals surface area contributed by atoms with Crippen molar-refractivity contribution in [3.8, 4) is 11.3 Å². The number of hydrogen-bond acceptors (Lipinski definition) is 5. The molecule has 0 unspecified atom stereocenters. The Morgan fingerprint density at radius 1 is 1.17 bits per heavy atom. The van der Waals surface area contributed by atoms with Gasteiger partial charge in [-0.05, 0) is 25.8 Å². The van der Waals surface area contributed by atoms with Gasteiger partial charge in [-0.15, -0.1) is 0 Å². The van der Waals surface area contributed by atoms with E-state index in [4.69, 9.17) is 4.74 Å². The largest absolute Gasteiger partial charge is 0.450 e. The molecule has 0 saturated carbocycles. The number of piperidine rings is 1. The average molecular weight is 393 g/mol. The Morgan fingerprint density at radius 3 is 2.66 bits per heavy atom. The van der Waals surface area contributed by atoms with Crippen molar-refractivity contribution in [2.24, 2.45) is 0 Å². The van der Waals surface area contributed by atoms with Gasteiger partial charge in [0.25, 0.3) is 5.91 Å². The Kier molecular flexibility index (Phi) is 5.41. The fourth-order valence-electron chi connectivity index (χ4n) is 3.56. The molecule has 0 aliphatic carbocycles. The average Bonchev–Trinajstić information content (AvgIpc) is 3.19. The lowest BCUT2D eigenvalue weighted by molar-refractivity contribution is 0.0861. The van der Waals surface area contributed by atoms with Crippen LogP contribution in [-0.2, 0) is 4.74 Å². The van der Waals surface area contributed by atoms with Crippen molar-refractivity contribution >= 4 is 17.6 Å². The molecule has 0 radical (unpaired) electrons. The molecule has 2 amide bonds. The molecule has 1 aliphatic rings. The van der Waals surface area contributed by atoms with E-state index in [0.29, 0.717) is 43.7 Å². The zero-order chi connectivity index (χ0) is 20.2. The first kappa shape index (κ1) is 18.9. The molecule has 0 spiro atoms. The lowest BCUT2D eigenvalue weighted by Gasteiger charge is -2.31. The highest BCUT2D eigenvalue weighted by Gasteiger charge is 2.26. The van der Waals surface area contributed by atoms with Gasteiger partial charge >= 0.3 is 6.09 Å². The van der Waals surface area contributed by atoms with Crippen LogP contribution in [0.4, 0.5) is 4.79 Å². The lowest BCUT2D eigenvalue weighted by atomic mass is 10.1. The number of ether oxygens (including phenoxy) is 1. The SMILES string of the molecule is CCOC(=O)N1CCC(NC(=O)c2cnn3c(-c4ccccc4)ccnc23)CC1. The van der Waals surface area contributed by atoms with E-state index in [9.17, 15) is 9.59 Å². The molecule has 1 N–H and O–H groups in total. The van der Waals surface area contributed by atoms with Crippen LogP contribution in [0.2, 0.25) is 0 Å². The van der Waals surface area contributed by atoms with Crippen molar-refractivity contribution in [2.45, 2.75) is 25.8 Å². The van der Waals surface area contributed by atoms with Gasteiger partial charge in [0.05, 0.1) is 18.5 Å². The van der Waals surface area contributed by atoms with Crippen LogP contribution in [0.1, 0.15) is 30.1 Å². The van der Waals surface area contributed by atoms with Gasteiger partial charge in [0.2, 0.25) is 0 Å². The van der Waals surface area contributed by atoms with Crippen LogP contribution in [0.25, 0.3) is 16.9 Å². The number of fused-ring (bicyclic) bond motifs is 1. The molecule has 3 heterocycles. The van der Waals surface area contributed by atoms with E-state index in [0.717, 1.165) is 11.3 Å². The van der Waals surface area contributed by atoms with Crippen LogP contribution >= 0.6 is 0 Å². The van der Waals surface area contributed by atoms with Crippen LogP contribution < -0.4 is 5.32 Å². The third-order valence-electron chi connectivity index (χ3n) is 5.07. The lowest BCUT2D eigenvalue weighted by Crippen LogP contribution is -2.46. The second-order valence-corrected chi connectivity index (χ2v) is 6.92. The number of aromatic nitrogens is 3. The molecule has 3 aromatic rings. The van der Waals surface area contributed by atoms with E-state index in [2.05, 4.69) is 15.4 Å². The van der Waals surface area contributed by atoms with Crippen LogP contribution in [0.15, 0.2) is 48.8 Å². The Labute approximate surface area is 168 Å². The summed E-state index contributed by atoms with van der Waals surface area (Å²) >= 11 is 0. The summed E-state index contributed by atoms with van der Waals surface area (Å²) in [4.78, 5) is 30.7. The van der Waals surface area contributed by atoms with Crippen LogP contribution in [0.3, 0.4) is 0 Å². The van der Waals surface area contributed by atoms with E-state index in [1.54, 1.807) is 28.7 Å². The number of nitrogens with zero attached hydrogens (tertiary/aromatic N) is 4. The zero-order valence-corrected chi connectivity index (χ0v) is 16.2. The summed E-state index contributed by atoms with van der Waals surface area (Å²) in [6.07, 6.45) is 4.32. The quantitative estimate of drug-likeness (QED) is 0.736. The molecule has 1 saturated heterocycles. The van der Waals surface area contributed by atoms with Gasteiger partial charge in [0.1, 0.15) is 5.56 Å². The van der Waals surface area contributed by atoms with Gasteiger partial charge in [0.15, 0.2) is 5.65 Å². The number of nitrogens with one attached hydrogen (secondary N) is 1. The maximum atomic E-state index is 12.8. The number of carbonyl (C=O) groups excluding carboxylic acids is 2. The van der Waals surface area contributed by atoms with E-state index < -0.39 is 0 Å². The van der Waals surface area contributed by atoms with Crippen LogP contribution in [0, 0.1) is 0 Å². The Balaban J connectivity index is 1.47. The minimum absolute atomic E-state index is 0.000400. The maximum Gasteiger partial charge on any atom is 0.409 e. The number of carbonyl (C=O) groups is 2. The number of benzene rings is 1. The molecule has 0 atom stereocenters. The van der Waals surface area contributed by atoms with E-state index >= 15 is 0 Å².